The molecule has 6 heteroatoms. The van der Waals surface area contributed by atoms with Gasteiger partial charge in [0.15, 0.2) is 0 Å². The van der Waals surface area contributed by atoms with Crippen LogP contribution in [0.1, 0.15) is 24.8 Å². The van der Waals surface area contributed by atoms with Crippen molar-refractivity contribution in [1.29, 1.82) is 0 Å². The van der Waals surface area contributed by atoms with E-state index in [-0.39, 0.29) is 18.1 Å². The number of nitrogens with zero attached hydrogens (tertiary/aromatic N) is 1. The molecule has 21 heavy (non-hydrogen) atoms. The van der Waals surface area contributed by atoms with Crippen molar-refractivity contribution in [3.63, 3.8) is 0 Å². The molecule has 0 atom stereocenters. The molecule has 0 radical (unpaired) electrons. The van der Waals surface area contributed by atoms with Gasteiger partial charge in [0.05, 0.1) is 5.75 Å². The Balaban J connectivity index is 1.68. The van der Waals surface area contributed by atoms with Gasteiger partial charge in [-0.25, -0.2) is 12.7 Å². The van der Waals surface area contributed by atoms with Crippen LogP contribution in [0.4, 0.5) is 0 Å². The monoisotopic (exact) mass is 310 g/mol. The summed E-state index contributed by atoms with van der Waals surface area (Å²) < 4.78 is 25.0. The van der Waals surface area contributed by atoms with Crippen LogP contribution in [0, 0.1) is 0 Å². The molecule has 1 heterocycles. The highest BCUT2D eigenvalue weighted by molar-refractivity contribution is 7.89. The van der Waals surface area contributed by atoms with Gasteiger partial charge in [-0.15, -0.1) is 0 Å². The standard InChI is InChI=1S/C15H22N2O3S/c18-15(16-10-8-14-6-2-1-3-7-14)9-12-17-11-4-5-13-21(17,19)20/h1-3,6-7H,4-5,8-13H2,(H,16,18). The fourth-order valence-electron chi connectivity index (χ4n) is 2.40. The van der Waals surface area contributed by atoms with Crippen molar-refractivity contribution in [2.75, 3.05) is 25.4 Å². The lowest BCUT2D eigenvalue weighted by atomic mass is 10.1. The van der Waals surface area contributed by atoms with Gasteiger partial charge >= 0.3 is 0 Å². The molecule has 5 nitrogen and oxygen atoms in total. The molecule has 0 spiro atoms. The van der Waals surface area contributed by atoms with Crippen molar-refractivity contribution in [3.05, 3.63) is 35.9 Å². The second-order valence-electron chi connectivity index (χ2n) is 5.26. The predicted molar refractivity (Wildman–Crippen MR) is 82.4 cm³/mol. The summed E-state index contributed by atoms with van der Waals surface area (Å²) in [7, 11) is -3.13. The van der Waals surface area contributed by atoms with Crippen LogP contribution < -0.4 is 5.32 Å². The van der Waals surface area contributed by atoms with Crippen LogP contribution in [0.25, 0.3) is 0 Å². The lowest BCUT2D eigenvalue weighted by molar-refractivity contribution is -0.121. The molecule has 0 saturated carbocycles. The molecule has 0 bridgehead atoms. The van der Waals surface area contributed by atoms with Gasteiger partial charge in [-0.3, -0.25) is 4.79 Å². The molecule has 0 unspecified atom stereocenters. The highest BCUT2D eigenvalue weighted by atomic mass is 32.2. The zero-order valence-electron chi connectivity index (χ0n) is 12.1. The molecule has 0 aliphatic carbocycles. The molecular weight excluding hydrogens is 288 g/mol. The van der Waals surface area contributed by atoms with Gasteiger partial charge in [-0.05, 0) is 24.8 Å². The summed E-state index contributed by atoms with van der Waals surface area (Å²) in [6.45, 7) is 1.41. The largest absolute Gasteiger partial charge is 0.356 e. The number of hydrogen-bond donors (Lipinski definition) is 1. The van der Waals surface area contributed by atoms with Crippen molar-refractivity contribution >= 4 is 15.9 Å². The maximum atomic E-state index is 11.8. The van der Waals surface area contributed by atoms with Crippen molar-refractivity contribution in [2.45, 2.75) is 25.7 Å². The van der Waals surface area contributed by atoms with E-state index in [0.717, 1.165) is 19.3 Å². The Morgan fingerprint density at radius 2 is 1.95 bits per heavy atom. The van der Waals surface area contributed by atoms with Crippen molar-refractivity contribution in [1.82, 2.24) is 9.62 Å². The molecule has 116 valence electrons. The summed E-state index contributed by atoms with van der Waals surface area (Å²) >= 11 is 0. The highest BCUT2D eigenvalue weighted by Crippen LogP contribution is 2.13. The Hall–Kier alpha value is -1.40. The lowest BCUT2D eigenvalue weighted by Gasteiger charge is -2.25. The molecule has 2 rings (SSSR count). The Bertz CT molecular complexity index is 558. The Kier molecular flexibility index (Phi) is 5.76. The average Bonchev–Trinajstić information content (AvgIpc) is 2.47. The molecule has 1 fully saturated rings. The van der Waals surface area contributed by atoms with E-state index in [9.17, 15) is 13.2 Å². The average molecular weight is 310 g/mol. The molecule has 1 aromatic carbocycles. The van der Waals surface area contributed by atoms with Gasteiger partial charge in [0, 0.05) is 26.1 Å². The third-order valence-electron chi connectivity index (χ3n) is 3.62. The van der Waals surface area contributed by atoms with E-state index in [4.69, 9.17) is 0 Å². The van der Waals surface area contributed by atoms with Gasteiger partial charge < -0.3 is 5.32 Å². The SMILES string of the molecule is O=C(CCN1CCCCS1(=O)=O)NCCc1ccccc1. The summed E-state index contributed by atoms with van der Waals surface area (Å²) in [5.74, 6) is 0.120. The Morgan fingerprint density at radius 1 is 1.19 bits per heavy atom. The third-order valence-corrected chi connectivity index (χ3v) is 5.58. The first-order valence-electron chi connectivity index (χ1n) is 7.36. The fraction of sp³-hybridized carbons (Fsp3) is 0.533. The lowest BCUT2D eigenvalue weighted by Crippen LogP contribution is -2.40. The summed E-state index contributed by atoms with van der Waals surface area (Å²) in [4.78, 5) is 11.8. The number of amides is 1. The van der Waals surface area contributed by atoms with Gasteiger partial charge in [0.2, 0.25) is 15.9 Å². The fourth-order valence-corrected chi connectivity index (χ4v) is 4.00. The number of carbonyl (C=O) groups is 1. The van der Waals surface area contributed by atoms with Crippen molar-refractivity contribution in [3.8, 4) is 0 Å². The van der Waals surface area contributed by atoms with Crippen LogP contribution in [0.2, 0.25) is 0 Å². The summed E-state index contributed by atoms with van der Waals surface area (Å²) in [5, 5.41) is 2.84. The minimum atomic E-state index is -3.13. The quantitative estimate of drug-likeness (QED) is 0.857. The molecule has 1 aliphatic heterocycles. The van der Waals surface area contributed by atoms with Crippen LogP contribution in [-0.4, -0.2) is 44.0 Å². The van der Waals surface area contributed by atoms with E-state index < -0.39 is 10.0 Å². The topological polar surface area (TPSA) is 66.5 Å². The summed E-state index contributed by atoms with van der Waals surface area (Å²) in [6.07, 6.45) is 2.62. The van der Waals surface area contributed by atoms with E-state index in [2.05, 4.69) is 5.32 Å². The van der Waals surface area contributed by atoms with Gasteiger partial charge in [-0.1, -0.05) is 30.3 Å². The van der Waals surface area contributed by atoms with E-state index in [0.29, 0.717) is 19.6 Å². The minimum absolute atomic E-state index is 0.0910. The van der Waals surface area contributed by atoms with Crippen LogP contribution in [-0.2, 0) is 21.2 Å². The zero-order chi connectivity index (χ0) is 15.1. The smallest absolute Gasteiger partial charge is 0.221 e. The normalized spacial score (nSPS) is 18.3. The predicted octanol–water partition coefficient (Wildman–Crippen LogP) is 1.16. The first-order chi connectivity index (χ1) is 10.1. The Labute approximate surface area is 126 Å². The molecule has 1 aliphatic rings. The second kappa shape index (κ2) is 7.56. The summed E-state index contributed by atoms with van der Waals surface area (Å²) in [6, 6.07) is 9.94. The number of rotatable bonds is 6. The number of carbonyl (C=O) groups excluding carboxylic acids is 1. The van der Waals surface area contributed by atoms with Gasteiger partial charge in [0.1, 0.15) is 0 Å². The molecule has 1 aromatic rings. The zero-order valence-corrected chi connectivity index (χ0v) is 12.9. The van der Waals surface area contributed by atoms with Crippen LogP contribution in [0.3, 0.4) is 0 Å². The molecule has 0 aromatic heterocycles. The first kappa shape index (κ1) is 16.0. The molecular formula is C15H22N2O3S. The van der Waals surface area contributed by atoms with Crippen molar-refractivity contribution < 1.29 is 13.2 Å². The molecule has 1 saturated heterocycles. The van der Waals surface area contributed by atoms with Crippen LogP contribution >= 0.6 is 0 Å². The maximum absolute atomic E-state index is 11.8. The van der Waals surface area contributed by atoms with Crippen LogP contribution in [0.5, 0.6) is 0 Å². The summed E-state index contributed by atoms with van der Waals surface area (Å²) in [5.41, 5.74) is 1.18. The highest BCUT2D eigenvalue weighted by Gasteiger charge is 2.25. The van der Waals surface area contributed by atoms with E-state index in [1.165, 1.54) is 9.87 Å². The number of benzene rings is 1. The first-order valence-corrected chi connectivity index (χ1v) is 8.97. The maximum Gasteiger partial charge on any atom is 0.221 e. The molecule has 1 N–H and O–H groups in total. The molecule has 1 amide bonds. The minimum Gasteiger partial charge on any atom is -0.356 e. The third kappa shape index (κ3) is 5.13. The second-order valence-corrected chi connectivity index (χ2v) is 7.35. The van der Waals surface area contributed by atoms with Crippen LogP contribution in [0.15, 0.2) is 30.3 Å². The van der Waals surface area contributed by atoms with Gasteiger partial charge in [0.25, 0.3) is 0 Å². The van der Waals surface area contributed by atoms with Crippen molar-refractivity contribution in [2.24, 2.45) is 0 Å². The number of nitrogens with one attached hydrogen (secondary N) is 1. The number of sulfonamides is 1. The Morgan fingerprint density at radius 3 is 2.67 bits per heavy atom. The van der Waals surface area contributed by atoms with E-state index in [1.807, 2.05) is 30.3 Å². The van der Waals surface area contributed by atoms with Gasteiger partial charge in [-0.2, -0.15) is 0 Å². The van der Waals surface area contributed by atoms with E-state index >= 15 is 0 Å². The number of hydrogen-bond acceptors (Lipinski definition) is 3. The van der Waals surface area contributed by atoms with E-state index in [1.54, 1.807) is 0 Å².